The molecule has 1 fully saturated rings. The topological polar surface area (TPSA) is 26.3 Å². The third-order valence-electron chi connectivity index (χ3n) is 4.82. The minimum Gasteiger partial charge on any atom is -0.457 e. The zero-order chi connectivity index (χ0) is 16.7. The molecule has 0 unspecified atom stereocenters. The maximum atomic E-state index is 12.4. The lowest BCUT2D eigenvalue weighted by Gasteiger charge is -2.14. The van der Waals surface area contributed by atoms with Gasteiger partial charge in [-0.15, -0.1) is 12.3 Å². The van der Waals surface area contributed by atoms with Gasteiger partial charge in [-0.05, 0) is 35.1 Å². The lowest BCUT2D eigenvalue weighted by atomic mass is 10.1. The summed E-state index contributed by atoms with van der Waals surface area (Å²) in [4.78, 5) is 12.3. The van der Waals surface area contributed by atoms with Gasteiger partial charge in [0.2, 0.25) is 0 Å². The van der Waals surface area contributed by atoms with Gasteiger partial charge in [0.1, 0.15) is 6.10 Å². The number of hydrogen-bond donors (Lipinski definition) is 0. The second kappa shape index (κ2) is 5.72. The van der Waals surface area contributed by atoms with Crippen LogP contribution < -0.4 is 0 Å². The highest BCUT2D eigenvalue weighted by Gasteiger charge is 2.62. The summed E-state index contributed by atoms with van der Waals surface area (Å²) in [6, 6.07) is 0. The molecule has 4 heteroatoms. The van der Waals surface area contributed by atoms with Gasteiger partial charge in [0.15, 0.2) is 0 Å². The van der Waals surface area contributed by atoms with E-state index in [4.69, 9.17) is 11.2 Å². The lowest BCUT2D eigenvalue weighted by molar-refractivity contribution is -0.149. The summed E-state index contributed by atoms with van der Waals surface area (Å²) in [5, 5.41) is 0. The van der Waals surface area contributed by atoms with E-state index in [9.17, 15) is 13.6 Å². The maximum absolute atomic E-state index is 12.4. The summed E-state index contributed by atoms with van der Waals surface area (Å²) < 4.78 is 30.4. The van der Waals surface area contributed by atoms with Gasteiger partial charge < -0.3 is 4.74 Å². The molecule has 0 N–H and O–H groups in total. The fourth-order valence-electron chi connectivity index (χ4n) is 3.26. The van der Waals surface area contributed by atoms with Crippen LogP contribution in [0.3, 0.4) is 0 Å². The second-order valence-electron chi connectivity index (χ2n) is 6.56. The summed E-state index contributed by atoms with van der Waals surface area (Å²) >= 11 is 0. The van der Waals surface area contributed by atoms with Crippen molar-refractivity contribution in [2.24, 2.45) is 17.3 Å². The summed E-state index contributed by atoms with van der Waals surface area (Å²) in [6.45, 7) is 9.42. The molecule has 0 heterocycles. The number of ether oxygens (including phenoxy) is 1. The molecule has 118 valence electrons. The molecular formula is C18H20F2O2. The fourth-order valence-corrected chi connectivity index (χ4v) is 3.26. The average molecular weight is 306 g/mol. The van der Waals surface area contributed by atoms with Gasteiger partial charge in [-0.2, -0.15) is 8.78 Å². The number of carbonyl (C=O) groups is 1. The first kappa shape index (κ1) is 16.5. The van der Waals surface area contributed by atoms with Crippen molar-refractivity contribution in [3.05, 3.63) is 35.5 Å². The van der Waals surface area contributed by atoms with Gasteiger partial charge in [0.25, 0.3) is 6.08 Å². The van der Waals surface area contributed by atoms with Gasteiger partial charge in [-0.3, -0.25) is 4.79 Å². The fraction of sp³-hybridized carbons (Fsp3) is 0.500. The van der Waals surface area contributed by atoms with Crippen molar-refractivity contribution in [2.45, 2.75) is 39.7 Å². The molecule has 2 nitrogen and oxygen atoms in total. The Balaban J connectivity index is 2.07. The van der Waals surface area contributed by atoms with E-state index in [-0.39, 0.29) is 6.10 Å². The Kier molecular flexibility index (Phi) is 4.28. The molecule has 0 saturated heterocycles. The third kappa shape index (κ3) is 2.85. The molecule has 3 atom stereocenters. The molecule has 0 aromatic carbocycles. The molecule has 2 rings (SSSR count). The van der Waals surface area contributed by atoms with Crippen LogP contribution in [0.25, 0.3) is 0 Å². The summed E-state index contributed by atoms with van der Waals surface area (Å²) in [7, 11) is 0. The normalized spacial score (nSPS) is 29.1. The number of allylic oxidation sites excluding steroid dienone is 2. The molecule has 0 spiro atoms. The lowest BCUT2D eigenvalue weighted by Crippen LogP contribution is -2.20. The smallest absolute Gasteiger partial charge is 0.310 e. The standard InChI is InChI=1S/C18H20F2O2/c1-6-7-12-10(2)8-14(11(12)3)22-17(21)16-13(9-15(19)20)18(16,4)5/h1,9,13-14,16H,2,7-8H2,3-5H3/t13-,14-,16+/m0/s1. The first-order valence-electron chi connectivity index (χ1n) is 7.24. The molecule has 1 saturated carbocycles. The van der Waals surface area contributed by atoms with Crippen LogP contribution in [0.1, 0.15) is 33.6 Å². The highest BCUT2D eigenvalue weighted by atomic mass is 19.3. The highest BCUT2D eigenvalue weighted by Crippen LogP contribution is 2.60. The number of esters is 1. The van der Waals surface area contributed by atoms with Crippen LogP contribution in [0.15, 0.2) is 35.5 Å². The van der Waals surface area contributed by atoms with Crippen molar-refractivity contribution in [2.75, 3.05) is 0 Å². The van der Waals surface area contributed by atoms with Crippen LogP contribution in [0.4, 0.5) is 8.78 Å². The summed E-state index contributed by atoms with van der Waals surface area (Å²) in [6.07, 6.45) is 5.04. The van der Waals surface area contributed by atoms with E-state index < -0.39 is 29.3 Å². The molecule has 0 amide bonds. The van der Waals surface area contributed by atoms with E-state index in [1.54, 1.807) is 13.8 Å². The van der Waals surface area contributed by atoms with Crippen LogP contribution in [-0.4, -0.2) is 12.1 Å². The molecule has 0 aromatic rings. The van der Waals surface area contributed by atoms with E-state index in [0.29, 0.717) is 12.8 Å². The quantitative estimate of drug-likeness (QED) is 0.573. The van der Waals surface area contributed by atoms with Crippen LogP contribution in [0.2, 0.25) is 0 Å². The number of hydrogen-bond acceptors (Lipinski definition) is 2. The molecule has 0 bridgehead atoms. The average Bonchev–Trinajstić information content (AvgIpc) is 2.83. The molecule has 22 heavy (non-hydrogen) atoms. The zero-order valence-electron chi connectivity index (χ0n) is 13.1. The van der Waals surface area contributed by atoms with Crippen molar-refractivity contribution in [1.29, 1.82) is 0 Å². The Morgan fingerprint density at radius 3 is 2.73 bits per heavy atom. The van der Waals surface area contributed by atoms with E-state index in [0.717, 1.165) is 22.8 Å². The number of halogens is 2. The van der Waals surface area contributed by atoms with Crippen molar-refractivity contribution in [1.82, 2.24) is 0 Å². The van der Waals surface area contributed by atoms with E-state index in [1.807, 2.05) is 6.92 Å². The van der Waals surface area contributed by atoms with Crippen molar-refractivity contribution < 1.29 is 18.3 Å². The predicted molar refractivity (Wildman–Crippen MR) is 80.8 cm³/mol. The van der Waals surface area contributed by atoms with Crippen molar-refractivity contribution in [3.63, 3.8) is 0 Å². The SMILES string of the molecule is C#CCC1=C(C)[C@@H](OC(=O)[C@H]2[C@H](C=C(F)F)C2(C)C)CC1=C. The largest absolute Gasteiger partial charge is 0.457 e. The minimum absolute atomic E-state index is 0.375. The van der Waals surface area contributed by atoms with Gasteiger partial charge in [0, 0.05) is 18.8 Å². The summed E-state index contributed by atoms with van der Waals surface area (Å²) in [5.74, 6) is 1.16. The molecular weight excluding hydrogens is 286 g/mol. The Labute approximate surface area is 129 Å². The maximum Gasteiger partial charge on any atom is 0.310 e. The monoisotopic (exact) mass is 306 g/mol. The molecule has 0 aliphatic heterocycles. The van der Waals surface area contributed by atoms with E-state index in [1.165, 1.54) is 0 Å². The van der Waals surface area contributed by atoms with Crippen molar-refractivity contribution in [3.8, 4) is 12.3 Å². The minimum atomic E-state index is -1.75. The zero-order valence-corrected chi connectivity index (χ0v) is 13.1. The molecule has 2 aliphatic carbocycles. The highest BCUT2D eigenvalue weighted by molar-refractivity contribution is 5.79. The van der Waals surface area contributed by atoms with Crippen LogP contribution in [-0.2, 0) is 9.53 Å². The third-order valence-corrected chi connectivity index (χ3v) is 4.82. The van der Waals surface area contributed by atoms with Gasteiger partial charge in [-0.1, -0.05) is 20.4 Å². The number of rotatable bonds is 4. The predicted octanol–water partition coefficient (Wildman–Crippen LogP) is 4.25. The second-order valence-corrected chi connectivity index (χ2v) is 6.56. The first-order chi connectivity index (χ1) is 10.2. The number of carbonyl (C=O) groups excluding carboxylic acids is 1. The molecule has 0 radical (unpaired) electrons. The summed E-state index contributed by atoms with van der Waals surface area (Å²) in [5.41, 5.74) is 2.27. The van der Waals surface area contributed by atoms with Gasteiger partial charge in [-0.25, -0.2) is 0 Å². The Hall–Kier alpha value is -1.89. The Morgan fingerprint density at radius 2 is 2.18 bits per heavy atom. The van der Waals surface area contributed by atoms with Crippen molar-refractivity contribution >= 4 is 5.97 Å². The van der Waals surface area contributed by atoms with Crippen LogP contribution in [0, 0.1) is 29.6 Å². The first-order valence-corrected chi connectivity index (χ1v) is 7.24. The van der Waals surface area contributed by atoms with E-state index >= 15 is 0 Å². The van der Waals surface area contributed by atoms with Crippen LogP contribution in [0.5, 0.6) is 0 Å². The van der Waals surface area contributed by atoms with E-state index in [2.05, 4.69) is 12.5 Å². The molecule has 0 aromatic heterocycles. The number of terminal acetylenes is 1. The van der Waals surface area contributed by atoms with Gasteiger partial charge in [0.05, 0.1) is 5.92 Å². The Bertz CT molecular complexity index is 615. The molecule has 2 aliphatic rings. The van der Waals surface area contributed by atoms with Crippen LogP contribution >= 0.6 is 0 Å². The Morgan fingerprint density at radius 1 is 1.55 bits per heavy atom. The van der Waals surface area contributed by atoms with Gasteiger partial charge >= 0.3 is 5.97 Å².